The molecule has 0 aliphatic rings. The van der Waals surface area contributed by atoms with E-state index in [1.54, 1.807) is 12.4 Å². The van der Waals surface area contributed by atoms with Gasteiger partial charge in [-0.1, -0.05) is 25.1 Å². The van der Waals surface area contributed by atoms with Crippen LogP contribution in [-0.4, -0.2) is 24.5 Å². The van der Waals surface area contributed by atoms with Gasteiger partial charge in [0.1, 0.15) is 5.65 Å². The molecule has 132 valence electrons. The molecule has 0 fully saturated rings. The third-order valence-electron chi connectivity index (χ3n) is 4.29. The first-order valence-corrected chi connectivity index (χ1v) is 8.60. The molecule has 0 amide bonds. The minimum Gasteiger partial charge on any atom is -0.337 e. The number of rotatable bonds is 6. The molecule has 26 heavy (non-hydrogen) atoms. The van der Waals surface area contributed by atoms with Gasteiger partial charge in [0, 0.05) is 30.7 Å². The second kappa shape index (κ2) is 7.05. The molecule has 4 heterocycles. The highest BCUT2D eigenvalue weighted by Gasteiger charge is 2.23. The van der Waals surface area contributed by atoms with Crippen LogP contribution in [0.15, 0.2) is 59.6 Å². The molecule has 1 N–H and O–H groups in total. The first-order chi connectivity index (χ1) is 12.7. The number of hydrogen-bond donors (Lipinski definition) is 1. The first kappa shape index (κ1) is 16.4. The summed E-state index contributed by atoms with van der Waals surface area (Å²) in [5.41, 5.74) is 2.85. The summed E-state index contributed by atoms with van der Waals surface area (Å²) in [5.74, 6) is 1.42. The highest BCUT2D eigenvalue weighted by Crippen LogP contribution is 2.23. The van der Waals surface area contributed by atoms with Gasteiger partial charge < -0.3 is 8.92 Å². The molecule has 7 nitrogen and oxygen atoms in total. The maximum Gasteiger partial charge on any atom is 0.244 e. The average molecular weight is 348 g/mol. The molecule has 0 spiro atoms. The van der Waals surface area contributed by atoms with Crippen molar-refractivity contribution in [2.24, 2.45) is 5.92 Å². The van der Waals surface area contributed by atoms with Crippen LogP contribution in [0, 0.1) is 5.92 Å². The maximum absolute atomic E-state index is 5.53. The summed E-state index contributed by atoms with van der Waals surface area (Å²) in [6, 6.07) is 9.68. The summed E-state index contributed by atoms with van der Waals surface area (Å²) >= 11 is 0. The lowest BCUT2D eigenvalue weighted by Crippen LogP contribution is -2.26. The number of hydrogen-bond acceptors (Lipinski definition) is 6. The molecule has 4 aromatic rings. The third kappa shape index (κ3) is 3.21. The molecule has 7 heteroatoms. The van der Waals surface area contributed by atoms with Gasteiger partial charge in [0.2, 0.25) is 11.7 Å². The van der Waals surface area contributed by atoms with E-state index >= 15 is 0 Å². The van der Waals surface area contributed by atoms with Crippen LogP contribution in [0.3, 0.4) is 0 Å². The minimum atomic E-state index is -0.0535. The smallest absolute Gasteiger partial charge is 0.244 e. The zero-order valence-corrected chi connectivity index (χ0v) is 14.7. The third-order valence-corrected chi connectivity index (χ3v) is 4.29. The number of nitrogens with zero attached hydrogens (tertiary/aromatic N) is 5. The summed E-state index contributed by atoms with van der Waals surface area (Å²) in [5, 5.41) is 7.62. The predicted octanol–water partition coefficient (Wildman–Crippen LogP) is 3.27. The largest absolute Gasteiger partial charge is 0.337 e. The van der Waals surface area contributed by atoms with Crippen molar-refractivity contribution in [3.05, 3.63) is 66.7 Å². The number of fused-ring (bicyclic) bond motifs is 1. The molecule has 0 saturated carbocycles. The Bertz CT molecular complexity index is 991. The molecule has 0 bridgehead atoms. The Labute approximate surface area is 151 Å². The van der Waals surface area contributed by atoms with Crippen LogP contribution in [0.25, 0.3) is 17.0 Å². The van der Waals surface area contributed by atoms with Gasteiger partial charge in [-0.3, -0.25) is 10.3 Å². The number of pyridine rings is 2. The van der Waals surface area contributed by atoms with Gasteiger partial charge in [-0.25, -0.2) is 4.98 Å². The van der Waals surface area contributed by atoms with Crippen molar-refractivity contribution in [3.63, 3.8) is 0 Å². The van der Waals surface area contributed by atoms with Crippen molar-refractivity contribution in [3.8, 4) is 11.4 Å². The van der Waals surface area contributed by atoms with E-state index in [9.17, 15) is 0 Å². The van der Waals surface area contributed by atoms with Crippen molar-refractivity contribution in [2.45, 2.75) is 26.4 Å². The fourth-order valence-electron chi connectivity index (χ4n) is 2.91. The van der Waals surface area contributed by atoms with Gasteiger partial charge in [0.05, 0.1) is 17.9 Å². The van der Waals surface area contributed by atoms with E-state index < -0.39 is 0 Å². The first-order valence-electron chi connectivity index (χ1n) is 8.60. The van der Waals surface area contributed by atoms with Gasteiger partial charge in [-0.15, -0.1) is 0 Å². The van der Waals surface area contributed by atoms with E-state index in [-0.39, 0.29) is 12.0 Å². The van der Waals surface area contributed by atoms with Crippen LogP contribution >= 0.6 is 0 Å². The Morgan fingerprint density at radius 1 is 1.15 bits per heavy atom. The lowest BCUT2D eigenvalue weighted by atomic mass is 10.0. The second-order valence-corrected chi connectivity index (χ2v) is 6.48. The van der Waals surface area contributed by atoms with Crippen molar-refractivity contribution < 1.29 is 4.52 Å². The van der Waals surface area contributed by atoms with Crippen LogP contribution in [0.1, 0.15) is 31.5 Å². The second-order valence-electron chi connectivity index (χ2n) is 6.48. The molecule has 4 rings (SSSR count). The Kier molecular flexibility index (Phi) is 4.45. The number of imidazole rings is 1. The normalized spacial score (nSPS) is 12.7. The quantitative estimate of drug-likeness (QED) is 0.576. The highest BCUT2D eigenvalue weighted by molar-refractivity contribution is 5.51. The number of nitrogens with one attached hydrogen (secondary N) is 1. The molecular formula is C19H20N6O. The summed E-state index contributed by atoms with van der Waals surface area (Å²) in [7, 11) is 0. The Morgan fingerprint density at radius 2 is 2.08 bits per heavy atom. The van der Waals surface area contributed by atoms with Gasteiger partial charge >= 0.3 is 0 Å². The minimum absolute atomic E-state index is 0.0535. The topological polar surface area (TPSA) is 81.1 Å². The van der Waals surface area contributed by atoms with E-state index in [2.05, 4.69) is 43.7 Å². The highest BCUT2D eigenvalue weighted by atomic mass is 16.5. The molecule has 0 aliphatic carbocycles. The lowest BCUT2D eigenvalue weighted by Gasteiger charge is -2.18. The van der Waals surface area contributed by atoms with Gasteiger partial charge in [0.25, 0.3) is 0 Å². The standard InChI is InChI=1S/C19H20N6O/c1-13(2)17(19-23-18(24-26-19)14-6-5-8-20-10-14)22-12-15-11-21-16-7-3-4-9-25(15)16/h3-11,13,17,22H,12H2,1-2H3/t17-/m1/s1. The molecule has 0 aromatic carbocycles. The predicted molar refractivity (Wildman–Crippen MR) is 97.1 cm³/mol. The van der Waals surface area contributed by atoms with Crippen LogP contribution < -0.4 is 5.32 Å². The van der Waals surface area contributed by atoms with E-state index in [0.717, 1.165) is 16.9 Å². The van der Waals surface area contributed by atoms with Crippen molar-refractivity contribution in [1.82, 2.24) is 29.8 Å². The molecule has 0 radical (unpaired) electrons. The molecule has 0 saturated heterocycles. The molecule has 1 atom stereocenters. The van der Waals surface area contributed by atoms with Gasteiger partial charge in [-0.2, -0.15) is 4.98 Å². The summed E-state index contributed by atoms with van der Waals surface area (Å²) in [4.78, 5) is 13.1. The Balaban J connectivity index is 1.54. The zero-order valence-electron chi connectivity index (χ0n) is 14.7. The van der Waals surface area contributed by atoms with Crippen molar-refractivity contribution in [2.75, 3.05) is 0 Å². The fourth-order valence-corrected chi connectivity index (χ4v) is 2.91. The van der Waals surface area contributed by atoms with Crippen LogP contribution in [0.5, 0.6) is 0 Å². The van der Waals surface area contributed by atoms with Crippen LogP contribution in [0.4, 0.5) is 0 Å². The van der Waals surface area contributed by atoms with Crippen molar-refractivity contribution >= 4 is 5.65 Å². The number of aromatic nitrogens is 5. The average Bonchev–Trinajstić information content (AvgIpc) is 3.30. The summed E-state index contributed by atoms with van der Waals surface area (Å²) in [6.45, 7) is 4.90. The Morgan fingerprint density at radius 3 is 2.88 bits per heavy atom. The molecule has 0 aliphatic heterocycles. The van der Waals surface area contributed by atoms with Gasteiger partial charge in [0.15, 0.2) is 0 Å². The molecular weight excluding hydrogens is 328 g/mol. The zero-order chi connectivity index (χ0) is 17.9. The monoisotopic (exact) mass is 348 g/mol. The van der Waals surface area contributed by atoms with E-state index in [0.29, 0.717) is 18.3 Å². The fraction of sp³-hybridized carbons (Fsp3) is 0.263. The maximum atomic E-state index is 5.53. The van der Waals surface area contributed by atoms with E-state index in [4.69, 9.17) is 4.52 Å². The van der Waals surface area contributed by atoms with Crippen LogP contribution in [0.2, 0.25) is 0 Å². The van der Waals surface area contributed by atoms with Gasteiger partial charge in [-0.05, 0) is 30.2 Å². The molecule has 0 unspecified atom stereocenters. The Hall–Kier alpha value is -3.06. The van der Waals surface area contributed by atoms with E-state index in [1.165, 1.54) is 0 Å². The van der Waals surface area contributed by atoms with Crippen LogP contribution in [-0.2, 0) is 6.54 Å². The van der Waals surface area contributed by atoms with Crippen molar-refractivity contribution in [1.29, 1.82) is 0 Å². The van der Waals surface area contributed by atoms with E-state index in [1.807, 2.05) is 42.7 Å². The summed E-state index contributed by atoms with van der Waals surface area (Å²) < 4.78 is 7.59. The SMILES string of the molecule is CC(C)[C@@H](NCc1cnc2ccccn12)c1nc(-c2cccnc2)no1. The molecule has 4 aromatic heterocycles. The lowest BCUT2D eigenvalue weighted by molar-refractivity contribution is 0.287. The summed E-state index contributed by atoms with van der Waals surface area (Å²) in [6.07, 6.45) is 7.34.